The molecule has 0 saturated carbocycles. The Morgan fingerprint density at radius 3 is 2.70 bits per heavy atom. The van der Waals surface area contributed by atoms with E-state index in [1.54, 1.807) is 18.5 Å². The van der Waals surface area contributed by atoms with Crippen LogP contribution in [0.4, 0.5) is 18.9 Å². The molecular weight excluding hydrogens is 271 g/mol. The van der Waals surface area contributed by atoms with Crippen molar-refractivity contribution in [2.24, 2.45) is 0 Å². The second-order valence-electron chi connectivity index (χ2n) is 4.25. The Bertz CT molecular complexity index is 566. The zero-order valence-electron chi connectivity index (χ0n) is 10.6. The lowest BCUT2D eigenvalue weighted by atomic mass is 10.1. The first-order chi connectivity index (χ1) is 9.46. The maximum atomic E-state index is 11.9. The van der Waals surface area contributed by atoms with E-state index in [2.05, 4.69) is 9.84 Å². The van der Waals surface area contributed by atoms with Gasteiger partial charge in [0.05, 0.1) is 19.3 Å². The van der Waals surface area contributed by atoms with E-state index in [4.69, 9.17) is 5.73 Å². The van der Waals surface area contributed by atoms with Gasteiger partial charge in [-0.25, -0.2) is 0 Å². The van der Waals surface area contributed by atoms with Crippen molar-refractivity contribution in [2.75, 3.05) is 18.9 Å². The van der Waals surface area contributed by atoms with E-state index in [0.717, 1.165) is 11.1 Å². The molecule has 0 aliphatic carbocycles. The van der Waals surface area contributed by atoms with E-state index < -0.39 is 12.8 Å². The van der Waals surface area contributed by atoms with Gasteiger partial charge in [0.25, 0.3) is 0 Å². The highest BCUT2D eigenvalue weighted by molar-refractivity contribution is 5.75. The number of nitrogens with zero attached hydrogens (tertiary/aromatic N) is 2. The predicted molar refractivity (Wildman–Crippen MR) is 68.9 cm³/mol. The number of hydrogen-bond donors (Lipinski definition) is 1. The Morgan fingerprint density at radius 2 is 2.00 bits per heavy atom. The molecule has 1 aromatic carbocycles. The lowest BCUT2D eigenvalue weighted by Gasteiger charge is -2.07. The van der Waals surface area contributed by atoms with Crippen LogP contribution in [0.2, 0.25) is 0 Å². The summed E-state index contributed by atoms with van der Waals surface area (Å²) in [6, 6.07) is 7.32. The maximum Gasteiger partial charge on any atom is 0.411 e. The molecule has 0 unspecified atom stereocenters. The zero-order valence-corrected chi connectivity index (χ0v) is 10.6. The van der Waals surface area contributed by atoms with Crippen molar-refractivity contribution in [3.63, 3.8) is 0 Å². The van der Waals surface area contributed by atoms with Crippen LogP contribution in [0.3, 0.4) is 0 Å². The smallest absolute Gasteiger partial charge is 0.398 e. The Labute approximate surface area is 114 Å². The molecule has 0 spiro atoms. The number of hydrogen-bond acceptors (Lipinski definition) is 3. The van der Waals surface area contributed by atoms with Crippen LogP contribution in [-0.4, -0.2) is 29.2 Å². The van der Waals surface area contributed by atoms with Crippen molar-refractivity contribution in [3.8, 4) is 11.1 Å². The topological polar surface area (TPSA) is 53.1 Å². The normalized spacial score (nSPS) is 11.8. The SMILES string of the molecule is Nc1ccccc1-c1cnn(CCOCC(F)(F)F)c1. The van der Waals surface area contributed by atoms with Crippen LogP contribution in [0.5, 0.6) is 0 Å². The number of anilines is 1. The van der Waals surface area contributed by atoms with Crippen LogP contribution < -0.4 is 5.73 Å². The summed E-state index contributed by atoms with van der Waals surface area (Å²) in [5, 5.41) is 4.07. The van der Waals surface area contributed by atoms with Gasteiger partial charge in [0, 0.05) is 23.0 Å². The first-order valence-corrected chi connectivity index (χ1v) is 5.97. The molecule has 1 heterocycles. The quantitative estimate of drug-likeness (QED) is 0.679. The number of aromatic nitrogens is 2. The van der Waals surface area contributed by atoms with Crippen molar-refractivity contribution in [2.45, 2.75) is 12.7 Å². The average molecular weight is 285 g/mol. The Morgan fingerprint density at radius 1 is 1.25 bits per heavy atom. The number of nitrogen functional groups attached to an aromatic ring is 1. The average Bonchev–Trinajstić information content (AvgIpc) is 2.83. The monoisotopic (exact) mass is 285 g/mol. The number of halogens is 3. The number of para-hydroxylation sites is 1. The second kappa shape index (κ2) is 5.96. The van der Waals surface area contributed by atoms with E-state index in [0.29, 0.717) is 5.69 Å². The van der Waals surface area contributed by atoms with Crippen LogP contribution in [0.15, 0.2) is 36.7 Å². The molecule has 4 nitrogen and oxygen atoms in total. The Hall–Kier alpha value is -2.02. The van der Waals surface area contributed by atoms with Crippen LogP contribution >= 0.6 is 0 Å². The Balaban J connectivity index is 1.92. The molecule has 1 aromatic heterocycles. The molecule has 0 bridgehead atoms. The number of ether oxygens (including phenoxy) is 1. The van der Waals surface area contributed by atoms with Crippen LogP contribution in [0.1, 0.15) is 0 Å². The number of alkyl halides is 3. The molecule has 0 saturated heterocycles. The van der Waals surface area contributed by atoms with E-state index in [-0.39, 0.29) is 13.2 Å². The molecule has 20 heavy (non-hydrogen) atoms. The summed E-state index contributed by atoms with van der Waals surface area (Å²) in [6.07, 6.45) is -0.953. The van der Waals surface area contributed by atoms with Gasteiger partial charge in [0.15, 0.2) is 0 Å². The fourth-order valence-electron chi connectivity index (χ4n) is 1.73. The zero-order chi connectivity index (χ0) is 14.6. The molecule has 2 rings (SSSR count). The molecule has 0 aliphatic heterocycles. The van der Waals surface area contributed by atoms with Crippen molar-refractivity contribution in [3.05, 3.63) is 36.7 Å². The highest BCUT2D eigenvalue weighted by Crippen LogP contribution is 2.24. The first-order valence-electron chi connectivity index (χ1n) is 5.97. The summed E-state index contributed by atoms with van der Waals surface area (Å²) < 4.78 is 41.7. The summed E-state index contributed by atoms with van der Waals surface area (Å²) >= 11 is 0. The molecule has 2 aromatic rings. The number of rotatable bonds is 5. The molecule has 0 atom stereocenters. The van der Waals surface area contributed by atoms with Gasteiger partial charge in [-0.05, 0) is 6.07 Å². The molecule has 0 fully saturated rings. The van der Waals surface area contributed by atoms with E-state index in [1.807, 2.05) is 18.2 Å². The van der Waals surface area contributed by atoms with Gasteiger partial charge in [-0.15, -0.1) is 0 Å². The van der Waals surface area contributed by atoms with Gasteiger partial charge in [-0.3, -0.25) is 4.68 Å². The summed E-state index contributed by atoms with van der Waals surface area (Å²) in [5.74, 6) is 0. The molecule has 7 heteroatoms. The highest BCUT2D eigenvalue weighted by Gasteiger charge is 2.27. The van der Waals surface area contributed by atoms with Crippen molar-refractivity contribution >= 4 is 5.69 Å². The summed E-state index contributed by atoms with van der Waals surface area (Å²) in [5.41, 5.74) is 8.13. The number of nitrogens with two attached hydrogens (primary N) is 1. The third kappa shape index (κ3) is 3.99. The standard InChI is InChI=1S/C13H14F3N3O/c14-13(15,16)9-20-6-5-19-8-10(7-18-19)11-3-1-2-4-12(11)17/h1-4,7-8H,5-6,9,17H2. The predicted octanol–water partition coefficient (Wildman–Crippen LogP) is 2.71. The second-order valence-corrected chi connectivity index (χ2v) is 4.25. The fourth-order valence-corrected chi connectivity index (χ4v) is 1.73. The van der Waals surface area contributed by atoms with Crippen LogP contribution in [0, 0.1) is 0 Å². The van der Waals surface area contributed by atoms with Crippen molar-refractivity contribution in [1.82, 2.24) is 9.78 Å². The van der Waals surface area contributed by atoms with E-state index >= 15 is 0 Å². The molecular formula is C13H14F3N3O. The molecule has 0 aliphatic rings. The largest absolute Gasteiger partial charge is 0.411 e. The third-order valence-corrected chi connectivity index (χ3v) is 2.64. The highest BCUT2D eigenvalue weighted by atomic mass is 19.4. The summed E-state index contributed by atoms with van der Waals surface area (Å²) in [4.78, 5) is 0. The molecule has 0 amide bonds. The lowest BCUT2D eigenvalue weighted by molar-refractivity contribution is -0.174. The van der Waals surface area contributed by atoms with E-state index in [1.165, 1.54) is 4.68 Å². The van der Waals surface area contributed by atoms with Gasteiger partial charge >= 0.3 is 6.18 Å². The Kier molecular flexibility index (Phi) is 4.29. The maximum absolute atomic E-state index is 11.9. The van der Waals surface area contributed by atoms with Gasteiger partial charge in [0.1, 0.15) is 6.61 Å². The molecule has 108 valence electrons. The van der Waals surface area contributed by atoms with Gasteiger partial charge in [0.2, 0.25) is 0 Å². The summed E-state index contributed by atoms with van der Waals surface area (Å²) in [6.45, 7) is -1.04. The van der Waals surface area contributed by atoms with Gasteiger partial charge in [-0.1, -0.05) is 18.2 Å². The van der Waals surface area contributed by atoms with E-state index in [9.17, 15) is 13.2 Å². The molecule has 2 N–H and O–H groups in total. The minimum absolute atomic E-state index is 0.0507. The van der Waals surface area contributed by atoms with Crippen LogP contribution in [-0.2, 0) is 11.3 Å². The number of benzene rings is 1. The fraction of sp³-hybridized carbons (Fsp3) is 0.308. The summed E-state index contributed by atoms with van der Waals surface area (Å²) in [7, 11) is 0. The minimum Gasteiger partial charge on any atom is -0.398 e. The van der Waals surface area contributed by atoms with Gasteiger partial charge < -0.3 is 10.5 Å². The van der Waals surface area contributed by atoms with Crippen molar-refractivity contribution in [1.29, 1.82) is 0 Å². The third-order valence-electron chi connectivity index (χ3n) is 2.64. The van der Waals surface area contributed by atoms with Crippen LogP contribution in [0.25, 0.3) is 11.1 Å². The van der Waals surface area contributed by atoms with Gasteiger partial charge in [-0.2, -0.15) is 18.3 Å². The van der Waals surface area contributed by atoms with Crippen molar-refractivity contribution < 1.29 is 17.9 Å². The minimum atomic E-state index is -4.30. The first kappa shape index (κ1) is 14.4. The lowest BCUT2D eigenvalue weighted by Crippen LogP contribution is -2.19. The molecule has 0 radical (unpaired) electrons.